The number of hydrogen-bond acceptors (Lipinski definition) is 5. The van der Waals surface area contributed by atoms with Crippen molar-refractivity contribution < 1.29 is 14.3 Å². The van der Waals surface area contributed by atoms with E-state index in [1.165, 1.54) is 11.3 Å². The fourth-order valence-corrected chi connectivity index (χ4v) is 3.79. The van der Waals surface area contributed by atoms with Crippen LogP contribution in [0.5, 0.6) is 5.75 Å². The number of fused-ring (bicyclic) bond motifs is 1. The molecule has 0 aliphatic heterocycles. The van der Waals surface area contributed by atoms with E-state index in [9.17, 15) is 4.79 Å². The summed E-state index contributed by atoms with van der Waals surface area (Å²) in [5.74, 6) is 0.467. The van der Waals surface area contributed by atoms with Crippen LogP contribution in [0.25, 0.3) is 10.2 Å². The summed E-state index contributed by atoms with van der Waals surface area (Å²) in [6.45, 7) is 5.10. The first kappa shape index (κ1) is 18.3. The smallest absolute Gasteiger partial charge is 0.297 e. The van der Waals surface area contributed by atoms with Crippen molar-refractivity contribution in [2.75, 3.05) is 20.8 Å². The second kappa shape index (κ2) is 7.84. The Balaban J connectivity index is 2.11. The minimum Gasteiger partial charge on any atom is -0.497 e. The molecule has 3 aromatic rings. The minimum atomic E-state index is -0.305. The van der Waals surface area contributed by atoms with E-state index >= 15 is 0 Å². The van der Waals surface area contributed by atoms with Crippen LogP contribution in [0.15, 0.2) is 35.5 Å². The zero-order chi connectivity index (χ0) is 18.7. The SMILES string of the molecule is COCCn1c(=NC(=O)c2ccnn2C(C)C)sc2cc(OC)ccc21. The van der Waals surface area contributed by atoms with Gasteiger partial charge in [-0.15, -0.1) is 0 Å². The second-order valence-electron chi connectivity index (χ2n) is 6.03. The summed E-state index contributed by atoms with van der Waals surface area (Å²) < 4.78 is 15.2. The number of methoxy groups -OCH3 is 2. The highest BCUT2D eigenvalue weighted by atomic mass is 32.1. The van der Waals surface area contributed by atoms with Crippen molar-refractivity contribution in [1.29, 1.82) is 0 Å². The Morgan fingerprint density at radius 3 is 2.81 bits per heavy atom. The predicted molar refractivity (Wildman–Crippen MR) is 101 cm³/mol. The van der Waals surface area contributed by atoms with Gasteiger partial charge in [0.15, 0.2) is 4.80 Å². The van der Waals surface area contributed by atoms with Gasteiger partial charge in [0.25, 0.3) is 5.91 Å². The Kier molecular flexibility index (Phi) is 5.53. The van der Waals surface area contributed by atoms with Gasteiger partial charge in [-0.2, -0.15) is 10.1 Å². The van der Waals surface area contributed by atoms with Crippen LogP contribution in [0.2, 0.25) is 0 Å². The van der Waals surface area contributed by atoms with Crippen molar-refractivity contribution in [2.45, 2.75) is 26.4 Å². The standard InChI is InChI=1S/C18H22N4O3S/c1-12(2)22-15(7-8-19-22)17(23)20-18-21(9-10-24-3)14-6-5-13(25-4)11-16(14)26-18/h5-8,11-12H,9-10H2,1-4H3. The minimum absolute atomic E-state index is 0.0893. The molecule has 8 heteroatoms. The Labute approximate surface area is 155 Å². The topological polar surface area (TPSA) is 70.6 Å². The first-order chi connectivity index (χ1) is 12.5. The molecule has 0 atom stereocenters. The summed E-state index contributed by atoms with van der Waals surface area (Å²) in [6, 6.07) is 7.61. The molecule has 7 nitrogen and oxygen atoms in total. The summed E-state index contributed by atoms with van der Waals surface area (Å²) in [7, 11) is 3.29. The number of carbonyl (C=O) groups excluding carboxylic acids is 1. The van der Waals surface area contributed by atoms with Crippen molar-refractivity contribution in [3.8, 4) is 5.75 Å². The van der Waals surface area contributed by atoms with Crippen LogP contribution in [0, 0.1) is 0 Å². The van der Waals surface area contributed by atoms with E-state index in [2.05, 4.69) is 10.1 Å². The van der Waals surface area contributed by atoms with Crippen LogP contribution in [0.4, 0.5) is 0 Å². The van der Waals surface area contributed by atoms with Crippen molar-refractivity contribution in [2.24, 2.45) is 4.99 Å². The Morgan fingerprint density at radius 2 is 2.12 bits per heavy atom. The number of ether oxygens (including phenoxy) is 2. The van der Waals surface area contributed by atoms with Crippen molar-refractivity contribution in [1.82, 2.24) is 14.3 Å². The van der Waals surface area contributed by atoms with Gasteiger partial charge in [-0.3, -0.25) is 9.48 Å². The third-order valence-corrected chi connectivity index (χ3v) is 5.03. The molecule has 3 rings (SSSR count). The third-order valence-electron chi connectivity index (χ3n) is 3.98. The molecule has 2 heterocycles. The van der Waals surface area contributed by atoms with E-state index in [-0.39, 0.29) is 11.9 Å². The van der Waals surface area contributed by atoms with Crippen LogP contribution >= 0.6 is 11.3 Å². The first-order valence-corrected chi connectivity index (χ1v) is 9.15. The maximum absolute atomic E-state index is 12.7. The van der Waals surface area contributed by atoms with Gasteiger partial charge < -0.3 is 14.0 Å². The average molecular weight is 374 g/mol. The number of aromatic nitrogens is 3. The molecule has 1 aromatic carbocycles. The average Bonchev–Trinajstić information content (AvgIpc) is 3.24. The van der Waals surface area contributed by atoms with Crippen LogP contribution in [0.1, 0.15) is 30.4 Å². The van der Waals surface area contributed by atoms with Gasteiger partial charge in [0.2, 0.25) is 0 Å². The number of carbonyl (C=O) groups is 1. The van der Waals surface area contributed by atoms with Gasteiger partial charge in [0.05, 0.1) is 23.9 Å². The maximum atomic E-state index is 12.7. The number of hydrogen-bond donors (Lipinski definition) is 0. The lowest BCUT2D eigenvalue weighted by Gasteiger charge is -2.08. The van der Waals surface area contributed by atoms with Crippen LogP contribution in [-0.4, -0.2) is 41.1 Å². The zero-order valence-corrected chi connectivity index (χ0v) is 16.1. The molecule has 26 heavy (non-hydrogen) atoms. The molecule has 1 amide bonds. The number of nitrogens with zero attached hydrogens (tertiary/aromatic N) is 4. The Bertz CT molecular complexity index is 984. The van der Waals surface area contributed by atoms with Gasteiger partial charge in [0, 0.05) is 25.9 Å². The molecule has 0 bridgehead atoms. The molecule has 2 aromatic heterocycles. The van der Waals surface area contributed by atoms with Crippen LogP contribution < -0.4 is 9.54 Å². The molecular formula is C18H22N4O3S. The van der Waals surface area contributed by atoms with Crippen molar-refractivity contribution in [3.63, 3.8) is 0 Å². The molecule has 138 valence electrons. The third kappa shape index (κ3) is 3.56. The summed E-state index contributed by atoms with van der Waals surface area (Å²) in [6.07, 6.45) is 1.62. The van der Waals surface area contributed by atoms with Crippen LogP contribution in [0.3, 0.4) is 0 Å². The van der Waals surface area contributed by atoms with E-state index in [0.717, 1.165) is 16.0 Å². The van der Waals surface area contributed by atoms with E-state index in [4.69, 9.17) is 9.47 Å². The Hall–Kier alpha value is -2.45. The molecule has 0 N–H and O–H groups in total. The lowest BCUT2D eigenvalue weighted by Crippen LogP contribution is -2.20. The van der Waals surface area contributed by atoms with E-state index < -0.39 is 0 Å². The summed E-state index contributed by atoms with van der Waals surface area (Å²) in [5.41, 5.74) is 1.48. The molecule has 0 fully saturated rings. The Morgan fingerprint density at radius 1 is 1.31 bits per heavy atom. The largest absolute Gasteiger partial charge is 0.497 e. The van der Waals surface area contributed by atoms with Gasteiger partial charge in [-0.05, 0) is 38.1 Å². The van der Waals surface area contributed by atoms with E-state index in [1.807, 2.05) is 36.6 Å². The summed E-state index contributed by atoms with van der Waals surface area (Å²) >= 11 is 1.45. The molecule has 0 saturated heterocycles. The fourth-order valence-electron chi connectivity index (χ4n) is 2.70. The van der Waals surface area contributed by atoms with Crippen LogP contribution in [-0.2, 0) is 11.3 Å². The first-order valence-electron chi connectivity index (χ1n) is 8.34. The summed E-state index contributed by atoms with van der Waals surface area (Å²) in [4.78, 5) is 17.7. The van der Waals surface area contributed by atoms with Gasteiger partial charge in [-0.1, -0.05) is 11.3 Å². The normalized spacial score (nSPS) is 12.3. The molecular weight excluding hydrogens is 352 g/mol. The lowest BCUT2D eigenvalue weighted by atomic mass is 10.3. The van der Waals surface area contributed by atoms with E-state index in [0.29, 0.717) is 23.6 Å². The monoisotopic (exact) mass is 374 g/mol. The second-order valence-corrected chi connectivity index (χ2v) is 7.04. The van der Waals surface area contributed by atoms with Gasteiger partial charge >= 0.3 is 0 Å². The number of benzene rings is 1. The van der Waals surface area contributed by atoms with Gasteiger partial charge in [0.1, 0.15) is 11.4 Å². The highest BCUT2D eigenvalue weighted by Crippen LogP contribution is 2.23. The van der Waals surface area contributed by atoms with Crippen molar-refractivity contribution in [3.05, 3.63) is 41.0 Å². The predicted octanol–water partition coefficient (Wildman–Crippen LogP) is 2.88. The highest BCUT2D eigenvalue weighted by molar-refractivity contribution is 7.16. The fraction of sp³-hybridized carbons (Fsp3) is 0.389. The molecule has 0 radical (unpaired) electrons. The lowest BCUT2D eigenvalue weighted by molar-refractivity contribution is 0.0985. The number of rotatable bonds is 6. The quantitative estimate of drug-likeness (QED) is 0.665. The molecule has 0 aliphatic carbocycles. The van der Waals surface area contributed by atoms with E-state index in [1.54, 1.807) is 31.2 Å². The maximum Gasteiger partial charge on any atom is 0.297 e. The molecule has 0 saturated carbocycles. The molecule has 0 unspecified atom stereocenters. The number of amides is 1. The highest BCUT2D eigenvalue weighted by Gasteiger charge is 2.15. The number of thiazole rings is 1. The van der Waals surface area contributed by atoms with Crippen molar-refractivity contribution >= 4 is 27.5 Å². The van der Waals surface area contributed by atoms with Gasteiger partial charge in [-0.25, -0.2) is 0 Å². The molecule has 0 aliphatic rings. The zero-order valence-electron chi connectivity index (χ0n) is 15.3. The molecule has 0 spiro atoms. The summed E-state index contributed by atoms with van der Waals surface area (Å²) in [5, 5.41) is 4.21.